The molecule has 2 amide bonds. The predicted molar refractivity (Wildman–Crippen MR) is 129 cm³/mol. The van der Waals surface area contributed by atoms with Crippen molar-refractivity contribution in [1.82, 2.24) is 10.6 Å². The smallest absolute Gasteiger partial charge is 0.326 e. The zero-order chi connectivity index (χ0) is 25.3. The van der Waals surface area contributed by atoms with Crippen LogP contribution in [-0.2, 0) is 9.59 Å². The van der Waals surface area contributed by atoms with Crippen LogP contribution in [0.3, 0.4) is 0 Å². The van der Waals surface area contributed by atoms with Crippen LogP contribution in [-0.4, -0.2) is 47.6 Å². The summed E-state index contributed by atoms with van der Waals surface area (Å²) in [5, 5.41) is 15.2. The van der Waals surface area contributed by atoms with Gasteiger partial charge >= 0.3 is 5.97 Å². The lowest BCUT2D eigenvalue weighted by molar-refractivity contribution is -0.143. The maximum atomic E-state index is 13.1. The molecule has 0 heterocycles. The number of carbonyl (C=O) groups excluding carboxylic acids is 2. The number of hydrogen-bond acceptors (Lipinski definition) is 5. The van der Waals surface area contributed by atoms with E-state index in [1.165, 1.54) is 12.1 Å². The molecule has 0 aromatic heterocycles. The number of carboxylic acid groups (broad SMARTS) is 1. The summed E-state index contributed by atoms with van der Waals surface area (Å²) in [7, 11) is 0. The summed E-state index contributed by atoms with van der Waals surface area (Å²) in [5.41, 5.74) is 6.31. The normalized spacial score (nSPS) is 15.0. The number of amides is 2. The first-order valence-electron chi connectivity index (χ1n) is 11.4. The SMILES string of the molecule is CC[C@H](C)[C@H](NC(=O)[C@@H](NC(=O)c1ccc(Cl)cc1OC[C@H](N)CC(C)C)C(C)C)C(=O)O. The number of hydrogen-bond donors (Lipinski definition) is 4. The summed E-state index contributed by atoms with van der Waals surface area (Å²) in [4.78, 5) is 37.6. The van der Waals surface area contributed by atoms with Gasteiger partial charge < -0.3 is 26.2 Å². The van der Waals surface area contributed by atoms with Crippen LogP contribution in [0.4, 0.5) is 0 Å². The Morgan fingerprint density at radius 3 is 2.24 bits per heavy atom. The van der Waals surface area contributed by atoms with Gasteiger partial charge in [0.25, 0.3) is 5.91 Å². The van der Waals surface area contributed by atoms with Crippen molar-refractivity contribution in [3.05, 3.63) is 28.8 Å². The molecule has 186 valence electrons. The number of rotatable bonds is 13. The fourth-order valence-electron chi connectivity index (χ4n) is 3.35. The van der Waals surface area contributed by atoms with Crippen LogP contribution in [0.1, 0.15) is 64.7 Å². The molecule has 9 heteroatoms. The number of nitrogens with one attached hydrogen (secondary N) is 2. The van der Waals surface area contributed by atoms with Gasteiger partial charge in [-0.05, 0) is 42.4 Å². The summed E-state index contributed by atoms with van der Waals surface area (Å²) < 4.78 is 5.80. The second-order valence-electron chi connectivity index (χ2n) is 9.25. The highest BCUT2D eigenvalue weighted by Gasteiger charge is 2.31. The Kier molecular flexibility index (Phi) is 11.7. The molecule has 4 atom stereocenters. The van der Waals surface area contributed by atoms with Gasteiger partial charge in [0, 0.05) is 11.1 Å². The van der Waals surface area contributed by atoms with Gasteiger partial charge in [0.1, 0.15) is 24.4 Å². The Morgan fingerprint density at radius 2 is 1.73 bits per heavy atom. The Bertz CT molecular complexity index is 815. The lowest BCUT2D eigenvalue weighted by Gasteiger charge is -2.26. The third-order valence-electron chi connectivity index (χ3n) is 5.43. The summed E-state index contributed by atoms with van der Waals surface area (Å²) in [5.74, 6) is -2.06. The molecule has 0 aliphatic heterocycles. The first kappa shape index (κ1) is 28.7. The summed E-state index contributed by atoms with van der Waals surface area (Å²) in [6.07, 6.45) is 1.35. The van der Waals surface area contributed by atoms with Crippen molar-refractivity contribution in [1.29, 1.82) is 0 Å². The Labute approximate surface area is 201 Å². The van der Waals surface area contributed by atoms with Gasteiger partial charge in [-0.2, -0.15) is 0 Å². The van der Waals surface area contributed by atoms with E-state index in [4.69, 9.17) is 22.1 Å². The maximum absolute atomic E-state index is 13.1. The first-order chi connectivity index (χ1) is 15.4. The van der Waals surface area contributed by atoms with Gasteiger partial charge in [-0.1, -0.05) is 59.6 Å². The molecule has 0 unspecified atom stereocenters. The van der Waals surface area contributed by atoms with Gasteiger partial charge in [0.05, 0.1) is 5.56 Å². The second kappa shape index (κ2) is 13.4. The van der Waals surface area contributed by atoms with Crippen LogP contribution < -0.4 is 21.1 Å². The van der Waals surface area contributed by atoms with E-state index < -0.39 is 29.9 Å². The fraction of sp³-hybridized carbons (Fsp3) is 0.625. The highest BCUT2D eigenvalue weighted by atomic mass is 35.5. The van der Waals surface area contributed by atoms with E-state index >= 15 is 0 Å². The minimum atomic E-state index is -1.11. The molecule has 0 aliphatic rings. The maximum Gasteiger partial charge on any atom is 0.326 e. The number of benzene rings is 1. The minimum absolute atomic E-state index is 0.206. The van der Waals surface area contributed by atoms with Crippen LogP contribution >= 0.6 is 11.6 Å². The third-order valence-corrected chi connectivity index (χ3v) is 5.66. The first-order valence-corrected chi connectivity index (χ1v) is 11.8. The summed E-state index contributed by atoms with van der Waals surface area (Å²) in [6, 6.07) is 2.43. The number of nitrogens with two attached hydrogens (primary N) is 1. The van der Waals surface area contributed by atoms with E-state index in [1.54, 1.807) is 26.8 Å². The molecule has 1 aromatic carbocycles. The quantitative estimate of drug-likeness (QED) is 0.340. The lowest BCUT2D eigenvalue weighted by atomic mass is 9.97. The molecule has 0 saturated carbocycles. The predicted octanol–water partition coefficient (Wildman–Crippen LogP) is 3.46. The monoisotopic (exact) mass is 483 g/mol. The molecule has 1 rings (SSSR count). The van der Waals surface area contributed by atoms with Crippen molar-refractivity contribution in [2.24, 2.45) is 23.5 Å². The van der Waals surface area contributed by atoms with E-state index in [0.717, 1.165) is 6.42 Å². The van der Waals surface area contributed by atoms with Crippen molar-refractivity contribution >= 4 is 29.4 Å². The molecule has 0 radical (unpaired) electrons. The molecule has 33 heavy (non-hydrogen) atoms. The third kappa shape index (κ3) is 9.21. The average molecular weight is 484 g/mol. The van der Waals surface area contributed by atoms with Crippen LogP contribution in [0.5, 0.6) is 5.75 Å². The number of halogens is 1. The van der Waals surface area contributed by atoms with E-state index in [-0.39, 0.29) is 35.8 Å². The molecule has 0 bridgehead atoms. The highest BCUT2D eigenvalue weighted by Crippen LogP contribution is 2.24. The molecule has 1 aromatic rings. The fourth-order valence-corrected chi connectivity index (χ4v) is 3.52. The average Bonchev–Trinajstić information content (AvgIpc) is 2.72. The van der Waals surface area contributed by atoms with Crippen molar-refractivity contribution in [2.75, 3.05) is 6.61 Å². The van der Waals surface area contributed by atoms with Gasteiger partial charge in [-0.3, -0.25) is 9.59 Å². The number of carbonyl (C=O) groups is 3. The van der Waals surface area contributed by atoms with Crippen LogP contribution in [0, 0.1) is 17.8 Å². The van der Waals surface area contributed by atoms with Crippen LogP contribution in [0.15, 0.2) is 18.2 Å². The van der Waals surface area contributed by atoms with E-state index in [9.17, 15) is 19.5 Å². The Hall–Kier alpha value is -2.32. The van der Waals surface area contributed by atoms with Gasteiger partial charge in [-0.15, -0.1) is 0 Å². The molecule has 0 aliphatic carbocycles. The van der Waals surface area contributed by atoms with E-state index in [0.29, 0.717) is 17.4 Å². The van der Waals surface area contributed by atoms with E-state index in [1.807, 2.05) is 6.92 Å². The van der Waals surface area contributed by atoms with Crippen LogP contribution in [0.25, 0.3) is 0 Å². The van der Waals surface area contributed by atoms with Gasteiger partial charge in [-0.25, -0.2) is 4.79 Å². The summed E-state index contributed by atoms with van der Waals surface area (Å²) >= 11 is 6.10. The van der Waals surface area contributed by atoms with Crippen LogP contribution in [0.2, 0.25) is 5.02 Å². The second-order valence-corrected chi connectivity index (χ2v) is 9.68. The molecule has 8 nitrogen and oxygen atoms in total. The van der Waals surface area contributed by atoms with Gasteiger partial charge in [0.15, 0.2) is 0 Å². The molecule has 0 fully saturated rings. The minimum Gasteiger partial charge on any atom is -0.491 e. The van der Waals surface area contributed by atoms with Crippen molar-refractivity contribution in [3.8, 4) is 5.75 Å². The number of ether oxygens (including phenoxy) is 1. The van der Waals surface area contributed by atoms with Gasteiger partial charge in [0.2, 0.25) is 5.91 Å². The molecular formula is C24H38ClN3O5. The zero-order valence-electron chi connectivity index (χ0n) is 20.4. The number of aliphatic carboxylic acids is 1. The Balaban J connectivity index is 3.03. The highest BCUT2D eigenvalue weighted by molar-refractivity contribution is 6.30. The number of carboxylic acids is 1. The lowest BCUT2D eigenvalue weighted by Crippen LogP contribution is -2.55. The van der Waals surface area contributed by atoms with Crippen molar-refractivity contribution in [2.45, 2.75) is 72.5 Å². The zero-order valence-corrected chi connectivity index (χ0v) is 21.1. The molecule has 5 N–H and O–H groups in total. The molecule has 0 saturated heterocycles. The largest absolute Gasteiger partial charge is 0.491 e. The topological polar surface area (TPSA) is 131 Å². The Morgan fingerprint density at radius 1 is 1.09 bits per heavy atom. The molecular weight excluding hydrogens is 446 g/mol. The standard InChI is InChI=1S/C24H38ClN3O5/c1-7-15(6)21(24(31)32)28-23(30)20(14(4)5)27-22(29)18-9-8-16(25)11-19(18)33-12-17(26)10-13(2)3/h8-9,11,13-15,17,20-21H,7,10,12,26H2,1-6H3,(H,27,29)(H,28,30)(H,31,32)/t15-,17+,20-,21-/m0/s1. The summed E-state index contributed by atoms with van der Waals surface area (Å²) in [6.45, 7) is 11.5. The van der Waals surface area contributed by atoms with Crippen molar-refractivity contribution in [3.63, 3.8) is 0 Å². The molecule has 0 spiro atoms. The van der Waals surface area contributed by atoms with E-state index in [2.05, 4.69) is 24.5 Å². The van der Waals surface area contributed by atoms with Crippen molar-refractivity contribution < 1.29 is 24.2 Å².